The van der Waals surface area contributed by atoms with Gasteiger partial charge in [0.15, 0.2) is 5.65 Å². The van der Waals surface area contributed by atoms with Crippen LogP contribution in [0.3, 0.4) is 0 Å². The molecular formula is C12H12N4S. The van der Waals surface area contributed by atoms with Crippen molar-refractivity contribution in [2.24, 2.45) is 0 Å². The lowest BCUT2D eigenvalue weighted by molar-refractivity contribution is 0.937. The highest BCUT2D eigenvalue weighted by Gasteiger charge is 2.00. The molecule has 3 heterocycles. The second-order valence-corrected chi connectivity index (χ2v) is 5.19. The first-order valence-electron chi connectivity index (χ1n) is 5.41. The van der Waals surface area contributed by atoms with Gasteiger partial charge < -0.3 is 5.32 Å². The van der Waals surface area contributed by atoms with E-state index in [2.05, 4.69) is 34.5 Å². The molecule has 0 saturated heterocycles. The summed E-state index contributed by atoms with van der Waals surface area (Å²) in [5.74, 6) is 0.879. The second kappa shape index (κ2) is 4.18. The third-order valence-electron chi connectivity index (χ3n) is 2.50. The van der Waals surface area contributed by atoms with Crippen molar-refractivity contribution >= 4 is 22.8 Å². The predicted octanol–water partition coefficient (Wildman–Crippen LogP) is 2.71. The van der Waals surface area contributed by atoms with Crippen molar-refractivity contribution in [3.05, 3.63) is 46.4 Å². The summed E-state index contributed by atoms with van der Waals surface area (Å²) in [5, 5.41) is 7.42. The molecule has 0 radical (unpaired) electrons. The Labute approximate surface area is 103 Å². The van der Waals surface area contributed by atoms with E-state index in [0.717, 1.165) is 18.0 Å². The van der Waals surface area contributed by atoms with E-state index in [4.69, 9.17) is 0 Å². The molecule has 5 heteroatoms. The fourth-order valence-electron chi connectivity index (χ4n) is 1.67. The molecule has 0 saturated carbocycles. The highest BCUT2D eigenvalue weighted by molar-refractivity contribution is 7.11. The molecule has 0 bridgehead atoms. The van der Waals surface area contributed by atoms with Gasteiger partial charge in [-0.1, -0.05) is 0 Å². The smallest absolute Gasteiger partial charge is 0.157 e. The van der Waals surface area contributed by atoms with Gasteiger partial charge in [-0.15, -0.1) is 11.3 Å². The number of anilines is 1. The van der Waals surface area contributed by atoms with Crippen LogP contribution in [0.4, 0.5) is 5.82 Å². The Morgan fingerprint density at radius 2 is 2.24 bits per heavy atom. The van der Waals surface area contributed by atoms with E-state index in [9.17, 15) is 0 Å². The Bertz CT molecular complexity index is 641. The molecule has 1 N–H and O–H groups in total. The van der Waals surface area contributed by atoms with Crippen LogP contribution in [0, 0.1) is 6.92 Å². The fourth-order valence-corrected chi connectivity index (χ4v) is 2.50. The van der Waals surface area contributed by atoms with Crippen LogP contribution in [0.25, 0.3) is 5.65 Å². The van der Waals surface area contributed by atoms with E-state index in [1.165, 1.54) is 9.75 Å². The quantitative estimate of drug-likeness (QED) is 0.770. The highest BCUT2D eigenvalue weighted by atomic mass is 32.1. The van der Waals surface area contributed by atoms with Crippen LogP contribution in [0.15, 0.2) is 36.7 Å². The monoisotopic (exact) mass is 244 g/mol. The summed E-state index contributed by atoms with van der Waals surface area (Å²) < 4.78 is 1.75. The number of hydrogen-bond donors (Lipinski definition) is 1. The fraction of sp³-hybridized carbons (Fsp3) is 0.167. The van der Waals surface area contributed by atoms with Crippen LogP contribution in [0.5, 0.6) is 0 Å². The standard InChI is InChI=1S/C12H12N4S/c1-9-2-3-10(17-9)8-13-11-5-7-16-12(15-11)4-6-14-16/h2-7H,8H2,1H3,(H,13,15). The van der Waals surface area contributed by atoms with Crippen molar-refractivity contribution in [2.45, 2.75) is 13.5 Å². The third-order valence-corrected chi connectivity index (χ3v) is 3.50. The molecule has 0 aliphatic rings. The summed E-state index contributed by atoms with van der Waals surface area (Å²) in [7, 11) is 0. The van der Waals surface area contributed by atoms with Crippen LogP contribution in [0.2, 0.25) is 0 Å². The number of nitrogens with one attached hydrogen (secondary N) is 1. The minimum atomic E-state index is 0.815. The molecule has 0 spiro atoms. The SMILES string of the molecule is Cc1ccc(CNc2ccn3nccc3n2)s1. The van der Waals surface area contributed by atoms with Gasteiger partial charge in [0, 0.05) is 22.0 Å². The van der Waals surface area contributed by atoms with E-state index in [-0.39, 0.29) is 0 Å². The topological polar surface area (TPSA) is 42.2 Å². The van der Waals surface area contributed by atoms with Crippen molar-refractivity contribution in [3.8, 4) is 0 Å². The van der Waals surface area contributed by atoms with Gasteiger partial charge >= 0.3 is 0 Å². The second-order valence-electron chi connectivity index (χ2n) is 3.81. The first-order chi connectivity index (χ1) is 8.31. The maximum atomic E-state index is 4.45. The molecule has 0 aliphatic carbocycles. The van der Waals surface area contributed by atoms with Crippen LogP contribution >= 0.6 is 11.3 Å². The van der Waals surface area contributed by atoms with E-state index in [0.29, 0.717) is 0 Å². The minimum absolute atomic E-state index is 0.815. The van der Waals surface area contributed by atoms with Crippen LogP contribution in [-0.2, 0) is 6.54 Å². The van der Waals surface area contributed by atoms with Gasteiger partial charge in [-0.05, 0) is 25.1 Å². The van der Waals surface area contributed by atoms with E-state index < -0.39 is 0 Å². The molecule has 0 atom stereocenters. The Kier molecular flexibility index (Phi) is 2.53. The van der Waals surface area contributed by atoms with Gasteiger partial charge in [0.25, 0.3) is 0 Å². The van der Waals surface area contributed by atoms with Crippen molar-refractivity contribution in [1.29, 1.82) is 0 Å². The van der Waals surface area contributed by atoms with Crippen molar-refractivity contribution in [3.63, 3.8) is 0 Å². The highest BCUT2D eigenvalue weighted by Crippen LogP contribution is 2.16. The summed E-state index contributed by atoms with van der Waals surface area (Å²) in [4.78, 5) is 7.10. The molecule has 17 heavy (non-hydrogen) atoms. The average molecular weight is 244 g/mol. The predicted molar refractivity (Wildman–Crippen MR) is 69.4 cm³/mol. The molecule has 0 amide bonds. The van der Waals surface area contributed by atoms with Crippen molar-refractivity contribution in [1.82, 2.24) is 14.6 Å². The Morgan fingerprint density at radius 1 is 1.29 bits per heavy atom. The molecule has 0 aliphatic heterocycles. The molecule has 0 unspecified atom stereocenters. The number of fused-ring (bicyclic) bond motifs is 1. The third kappa shape index (κ3) is 2.14. The van der Waals surface area contributed by atoms with Crippen molar-refractivity contribution < 1.29 is 0 Å². The zero-order valence-electron chi connectivity index (χ0n) is 9.42. The summed E-state index contributed by atoms with van der Waals surface area (Å²) in [6, 6.07) is 8.10. The number of aromatic nitrogens is 3. The normalized spacial score (nSPS) is 10.9. The first kappa shape index (κ1) is 10.3. The van der Waals surface area contributed by atoms with Gasteiger partial charge in [0.2, 0.25) is 0 Å². The van der Waals surface area contributed by atoms with E-state index >= 15 is 0 Å². The Morgan fingerprint density at radius 3 is 3.06 bits per heavy atom. The maximum Gasteiger partial charge on any atom is 0.157 e. The van der Waals surface area contributed by atoms with E-state index in [1.54, 1.807) is 22.0 Å². The molecule has 0 fully saturated rings. The van der Waals surface area contributed by atoms with Crippen LogP contribution in [0.1, 0.15) is 9.75 Å². The van der Waals surface area contributed by atoms with E-state index in [1.807, 2.05) is 18.3 Å². The minimum Gasteiger partial charge on any atom is -0.365 e. The molecule has 4 nitrogen and oxygen atoms in total. The van der Waals surface area contributed by atoms with Crippen LogP contribution < -0.4 is 5.32 Å². The molecular weight excluding hydrogens is 232 g/mol. The van der Waals surface area contributed by atoms with Crippen LogP contribution in [-0.4, -0.2) is 14.6 Å². The largest absolute Gasteiger partial charge is 0.365 e. The summed E-state index contributed by atoms with van der Waals surface area (Å²) >= 11 is 1.80. The average Bonchev–Trinajstić information content (AvgIpc) is 2.94. The summed E-state index contributed by atoms with van der Waals surface area (Å²) in [6.45, 7) is 2.93. The van der Waals surface area contributed by atoms with Gasteiger partial charge in [-0.25, -0.2) is 9.50 Å². The molecule has 0 aromatic carbocycles. The molecule has 3 rings (SSSR count). The number of aryl methyl sites for hydroxylation is 1. The molecule has 3 aromatic heterocycles. The van der Waals surface area contributed by atoms with Gasteiger partial charge in [0.1, 0.15) is 5.82 Å². The Hall–Kier alpha value is -1.88. The lowest BCUT2D eigenvalue weighted by Crippen LogP contribution is -2.01. The zero-order valence-corrected chi connectivity index (χ0v) is 10.2. The number of rotatable bonds is 3. The van der Waals surface area contributed by atoms with Gasteiger partial charge in [-0.2, -0.15) is 5.10 Å². The number of thiophene rings is 1. The van der Waals surface area contributed by atoms with Crippen molar-refractivity contribution in [2.75, 3.05) is 5.32 Å². The number of nitrogens with zero attached hydrogens (tertiary/aromatic N) is 3. The lowest BCUT2D eigenvalue weighted by Gasteiger charge is -2.03. The summed E-state index contributed by atoms with van der Waals surface area (Å²) in [5.41, 5.74) is 0.859. The molecule has 3 aromatic rings. The number of hydrogen-bond acceptors (Lipinski definition) is 4. The zero-order chi connectivity index (χ0) is 11.7. The Balaban J connectivity index is 1.76. The first-order valence-corrected chi connectivity index (χ1v) is 6.22. The summed E-state index contributed by atoms with van der Waals surface area (Å²) in [6.07, 6.45) is 3.65. The lowest BCUT2D eigenvalue weighted by atomic mass is 10.4. The van der Waals surface area contributed by atoms with Gasteiger partial charge in [-0.3, -0.25) is 0 Å². The molecule has 86 valence electrons. The van der Waals surface area contributed by atoms with Gasteiger partial charge in [0.05, 0.1) is 12.7 Å². The maximum absolute atomic E-state index is 4.45.